The van der Waals surface area contributed by atoms with Crippen LogP contribution in [0, 0.1) is 17.8 Å². The van der Waals surface area contributed by atoms with E-state index in [9.17, 15) is 4.79 Å². The van der Waals surface area contributed by atoms with Gasteiger partial charge >= 0.3 is 0 Å². The Morgan fingerprint density at radius 2 is 2.12 bits per heavy atom. The number of Topliss-reactive ketones (excluding diaryl/α,β-unsaturated/α-hetero) is 1. The average molecular weight is 222 g/mol. The number of carbonyl (C=O) groups excluding carboxylic acids is 1. The fourth-order valence-electron chi connectivity index (χ4n) is 3.14. The molecule has 90 valence electrons. The van der Waals surface area contributed by atoms with Crippen molar-refractivity contribution < 1.29 is 9.53 Å². The lowest BCUT2D eigenvalue weighted by Crippen LogP contribution is -2.53. The summed E-state index contributed by atoms with van der Waals surface area (Å²) in [6, 6.07) is 0. The van der Waals surface area contributed by atoms with E-state index in [4.69, 9.17) is 4.74 Å². The first-order valence-corrected chi connectivity index (χ1v) is 6.29. The van der Waals surface area contributed by atoms with Crippen LogP contribution in [0.2, 0.25) is 0 Å². The summed E-state index contributed by atoms with van der Waals surface area (Å²) in [5, 5.41) is 0. The van der Waals surface area contributed by atoms with Gasteiger partial charge in [-0.1, -0.05) is 19.1 Å². The second-order valence-corrected chi connectivity index (χ2v) is 5.77. The van der Waals surface area contributed by atoms with Crippen LogP contribution in [0.4, 0.5) is 0 Å². The van der Waals surface area contributed by atoms with Crippen molar-refractivity contribution >= 4 is 5.78 Å². The quantitative estimate of drug-likeness (QED) is 0.638. The van der Waals surface area contributed by atoms with E-state index in [0.717, 1.165) is 6.42 Å². The van der Waals surface area contributed by atoms with Gasteiger partial charge in [-0.3, -0.25) is 4.79 Å². The highest BCUT2D eigenvalue weighted by Crippen LogP contribution is 2.46. The molecule has 2 heteroatoms. The molecule has 1 saturated carbocycles. The van der Waals surface area contributed by atoms with Gasteiger partial charge < -0.3 is 4.74 Å². The highest BCUT2D eigenvalue weighted by atomic mass is 16.5. The largest absolute Gasteiger partial charge is 0.368 e. The molecule has 1 aliphatic heterocycles. The summed E-state index contributed by atoms with van der Waals surface area (Å²) in [7, 11) is 0. The van der Waals surface area contributed by atoms with Crippen molar-refractivity contribution in [2.75, 3.05) is 0 Å². The van der Waals surface area contributed by atoms with Crippen LogP contribution in [0.3, 0.4) is 0 Å². The number of carbonyl (C=O) groups is 1. The molecule has 0 aromatic rings. The second-order valence-electron chi connectivity index (χ2n) is 5.77. The molecule has 0 N–H and O–H groups in total. The van der Waals surface area contributed by atoms with Crippen LogP contribution in [-0.2, 0) is 9.53 Å². The smallest absolute Gasteiger partial charge is 0.136 e. The summed E-state index contributed by atoms with van der Waals surface area (Å²) in [6.45, 7) is 8.31. The van der Waals surface area contributed by atoms with Gasteiger partial charge in [-0.15, -0.1) is 0 Å². The van der Waals surface area contributed by atoms with Crippen LogP contribution >= 0.6 is 0 Å². The van der Waals surface area contributed by atoms with E-state index in [-0.39, 0.29) is 17.6 Å². The van der Waals surface area contributed by atoms with Crippen molar-refractivity contribution in [2.24, 2.45) is 17.8 Å². The SMILES string of the molecule is C/C=C/[C@H]1OC(C)(C)[C@H]2CC(=O)[C@H](C)[C@@H]1C2. The maximum atomic E-state index is 12.0. The Morgan fingerprint density at radius 1 is 1.44 bits per heavy atom. The van der Waals surface area contributed by atoms with Gasteiger partial charge in [-0.25, -0.2) is 0 Å². The third-order valence-corrected chi connectivity index (χ3v) is 4.38. The van der Waals surface area contributed by atoms with E-state index >= 15 is 0 Å². The number of ether oxygens (including phenoxy) is 1. The molecule has 0 spiro atoms. The van der Waals surface area contributed by atoms with Gasteiger partial charge in [-0.2, -0.15) is 0 Å². The molecule has 2 rings (SSSR count). The molecule has 0 aromatic carbocycles. The highest BCUT2D eigenvalue weighted by Gasteiger charge is 2.49. The van der Waals surface area contributed by atoms with Crippen molar-refractivity contribution in [3.63, 3.8) is 0 Å². The fourth-order valence-corrected chi connectivity index (χ4v) is 3.14. The molecule has 1 heterocycles. The molecule has 0 radical (unpaired) electrons. The van der Waals surface area contributed by atoms with Crippen molar-refractivity contribution in [3.8, 4) is 0 Å². The Kier molecular flexibility index (Phi) is 2.95. The summed E-state index contributed by atoms with van der Waals surface area (Å²) < 4.78 is 6.16. The molecule has 16 heavy (non-hydrogen) atoms. The summed E-state index contributed by atoms with van der Waals surface area (Å²) in [5.41, 5.74) is -0.156. The lowest BCUT2D eigenvalue weighted by molar-refractivity contribution is -0.181. The molecule has 2 nitrogen and oxygen atoms in total. The van der Waals surface area contributed by atoms with Crippen molar-refractivity contribution in [2.45, 2.75) is 52.2 Å². The minimum atomic E-state index is -0.156. The van der Waals surface area contributed by atoms with E-state index in [2.05, 4.69) is 26.8 Å². The first-order valence-electron chi connectivity index (χ1n) is 6.29. The summed E-state index contributed by atoms with van der Waals surface area (Å²) in [6.07, 6.45) is 6.10. The molecule has 2 aliphatic rings. The lowest BCUT2D eigenvalue weighted by atomic mass is 9.65. The molecule has 4 atom stereocenters. The molecule has 2 bridgehead atoms. The molecular weight excluding hydrogens is 200 g/mol. The van der Waals surface area contributed by atoms with Crippen LogP contribution in [0.5, 0.6) is 0 Å². The zero-order valence-electron chi connectivity index (χ0n) is 10.7. The number of hydrogen-bond donors (Lipinski definition) is 0. The normalized spacial score (nSPS) is 42.6. The van der Waals surface area contributed by atoms with Crippen LogP contribution in [0.1, 0.15) is 40.5 Å². The Bertz CT molecular complexity index is 317. The molecule has 1 saturated heterocycles. The van der Waals surface area contributed by atoms with E-state index < -0.39 is 0 Å². The van der Waals surface area contributed by atoms with Crippen LogP contribution in [0.15, 0.2) is 12.2 Å². The van der Waals surface area contributed by atoms with Gasteiger partial charge in [0.1, 0.15) is 5.78 Å². The topological polar surface area (TPSA) is 26.3 Å². The molecule has 0 amide bonds. The minimum absolute atomic E-state index is 0.121. The molecule has 2 fully saturated rings. The van der Waals surface area contributed by atoms with E-state index in [0.29, 0.717) is 24.0 Å². The van der Waals surface area contributed by atoms with Crippen LogP contribution < -0.4 is 0 Å². The van der Waals surface area contributed by atoms with Gasteiger partial charge in [-0.05, 0) is 39.0 Å². The van der Waals surface area contributed by atoms with Gasteiger partial charge in [0, 0.05) is 12.3 Å². The fraction of sp³-hybridized carbons (Fsp3) is 0.786. The predicted molar refractivity (Wildman–Crippen MR) is 64.2 cm³/mol. The lowest BCUT2D eigenvalue weighted by Gasteiger charge is -2.50. The number of rotatable bonds is 1. The molecule has 0 unspecified atom stereocenters. The number of hydrogen-bond acceptors (Lipinski definition) is 2. The van der Waals surface area contributed by atoms with Gasteiger partial charge in [0.2, 0.25) is 0 Å². The summed E-state index contributed by atoms with van der Waals surface area (Å²) >= 11 is 0. The van der Waals surface area contributed by atoms with E-state index in [1.54, 1.807) is 0 Å². The summed E-state index contributed by atoms with van der Waals surface area (Å²) in [5.74, 6) is 1.37. The number of ketones is 1. The van der Waals surface area contributed by atoms with Crippen molar-refractivity contribution in [1.29, 1.82) is 0 Å². The standard InChI is InChI=1S/C14H22O2/c1-5-6-13-11-7-10(14(3,4)16-13)8-12(15)9(11)2/h5-6,9-11,13H,7-8H2,1-4H3/b6-5+/t9-,10-,11+,13-/m1/s1. The number of allylic oxidation sites excluding steroid dienone is 1. The minimum Gasteiger partial charge on any atom is -0.368 e. The maximum absolute atomic E-state index is 12.0. The monoisotopic (exact) mass is 222 g/mol. The first kappa shape index (κ1) is 11.8. The third-order valence-electron chi connectivity index (χ3n) is 4.38. The summed E-state index contributed by atoms with van der Waals surface area (Å²) in [4.78, 5) is 12.0. The highest BCUT2D eigenvalue weighted by molar-refractivity contribution is 5.82. The zero-order chi connectivity index (χ0) is 11.9. The Hall–Kier alpha value is -0.630. The van der Waals surface area contributed by atoms with Gasteiger partial charge in [0.15, 0.2) is 0 Å². The van der Waals surface area contributed by atoms with Gasteiger partial charge in [0.25, 0.3) is 0 Å². The average Bonchev–Trinajstić information content (AvgIpc) is 2.19. The number of fused-ring (bicyclic) bond motifs is 2. The Morgan fingerprint density at radius 3 is 2.75 bits per heavy atom. The van der Waals surface area contributed by atoms with Crippen LogP contribution in [0.25, 0.3) is 0 Å². The maximum Gasteiger partial charge on any atom is 0.136 e. The van der Waals surface area contributed by atoms with Gasteiger partial charge in [0.05, 0.1) is 11.7 Å². The van der Waals surface area contributed by atoms with E-state index in [1.807, 2.05) is 13.0 Å². The predicted octanol–water partition coefficient (Wildman–Crippen LogP) is 2.97. The van der Waals surface area contributed by atoms with Crippen molar-refractivity contribution in [3.05, 3.63) is 12.2 Å². The molecule has 0 aromatic heterocycles. The van der Waals surface area contributed by atoms with Crippen LogP contribution in [-0.4, -0.2) is 17.5 Å². The molecule has 1 aliphatic carbocycles. The van der Waals surface area contributed by atoms with Crippen molar-refractivity contribution in [1.82, 2.24) is 0 Å². The Balaban J connectivity index is 2.28. The first-order chi connectivity index (χ1) is 7.45. The second kappa shape index (κ2) is 3.99. The Labute approximate surface area is 98.1 Å². The molecular formula is C14H22O2. The van der Waals surface area contributed by atoms with E-state index in [1.165, 1.54) is 0 Å². The zero-order valence-corrected chi connectivity index (χ0v) is 10.7. The third kappa shape index (κ3) is 1.84.